The predicted octanol–water partition coefficient (Wildman–Crippen LogP) is -4.36. The third-order valence-electron chi connectivity index (χ3n) is 8.93. The smallest absolute Gasteiger partial charge is 0.229 e. The zero-order valence-corrected chi connectivity index (χ0v) is 26.8. The molecule has 0 aromatic heterocycles. The first kappa shape index (κ1) is 38.0. The molecule has 52 heavy (non-hydrogen) atoms. The van der Waals surface area contributed by atoms with Crippen molar-refractivity contribution >= 4 is 0 Å². The molecule has 0 unspecified atom stereocenters. The second-order valence-electron chi connectivity index (χ2n) is 12.5. The Hall–Kier alpha value is -3.71. The Morgan fingerprint density at radius 3 is 1.96 bits per heavy atom. The van der Waals surface area contributed by atoms with Gasteiger partial charge in [-0.05, 0) is 24.3 Å². The van der Waals surface area contributed by atoms with E-state index in [1.54, 1.807) is 0 Å². The van der Waals surface area contributed by atoms with Crippen molar-refractivity contribution in [2.75, 3.05) is 19.8 Å². The minimum absolute atomic E-state index is 0.0376. The van der Waals surface area contributed by atoms with Crippen LogP contribution in [0, 0.1) is 0 Å². The first-order valence-electron chi connectivity index (χ1n) is 15.9. The predicted molar refractivity (Wildman–Crippen MR) is 166 cm³/mol. The summed E-state index contributed by atoms with van der Waals surface area (Å²) < 4.78 is 40.1. The minimum Gasteiger partial charge on any atom is -0.504 e. The average Bonchev–Trinajstić information content (AvgIpc) is 3.12. The summed E-state index contributed by atoms with van der Waals surface area (Å²) in [6, 6.07) is 6.69. The molecule has 0 spiro atoms. The van der Waals surface area contributed by atoms with Crippen LogP contribution in [0.1, 0.15) is 0 Å². The molecule has 20 heteroatoms. The number of hydrogen-bond acceptors (Lipinski definition) is 20. The van der Waals surface area contributed by atoms with Crippen LogP contribution in [-0.4, -0.2) is 167 Å². The van der Waals surface area contributed by atoms with E-state index in [9.17, 15) is 66.1 Å². The Morgan fingerprint density at radius 1 is 0.654 bits per heavy atom. The fraction of sp³-hybridized carbons (Fsp3) is 0.531. The van der Waals surface area contributed by atoms with Crippen LogP contribution < -0.4 is 14.9 Å². The molecule has 286 valence electrons. The lowest BCUT2D eigenvalue weighted by Crippen LogP contribution is -2.63. The van der Waals surface area contributed by atoms with Crippen molar-refractivity contribution in [1.29, 1.82) is 0 Å². The van der Waals surface area contributed by atoms with Crippen LogP contribution in [0.2, 0.25) is 0 Å². The Morgan fingerprint density at radius 2 is 1.29 bits per heavy atom. The summed E-state index contributed by atoms with van der Waals surface area (Å²) in [5.41, 5.74) is -0.709. The molecular weight excluding hydrogens is 704 g/mol. The number of phenols is 2. The van der Waals surface area contributed by atoms with Crippen LogP contribution in [0.4, 0.5) is 0 Å². The molecule has 3 fully saturated rings. The first-order valence-corrected chi connectivity index (χ1v) is 15.9. The number of aliphatic hydroxyl groups is 10. The van der Waals surface area contributed by atoms with E-state index in [-0.39, 0.29) is 34.1 Å². The molecule has 0 amide bonds. The topological polar surface area (TPSA) is 328 Å². The van der Waals surface area contributed by atoms with Crippen LogP contribution in [0.5, 0.6) is 23.0 Å². The van der Waals surface area contributed by atoms with Crippen LogP contribution in [-0.2, 0) is 18.9 Å². The summed E-state index contributed by atoms with van der Waals surface area (Å²) in [4.78, 5) is 12.8. The van der Waals surface area contributed by atoms with Crippen LogP contribution in [0.25, 0.3) is 22.6 Å². The lowest BCUT2D eigenvalue weighted by molar-refractivity contribution is -0.344. The summed E-state index contributed by atoms with van der Waals surface area (Å²) in [6.07, 6.45) is -24.0. The van der Waals surface area contributed by atoms with E-state index in [0.29, 0.717) is 0 Å². The zero-order chi connectivity index (χ0) is 37.6. The number of rotatable bonds is 9. The van der Waals surface area contributed by atoms with Gasteiger partial charge in [-0.3, -0.25) is 4.79 Å². The van der Waals surface area contributed by atoms with E-state index in [2.05, 4.69) is 0 Å². The van der Waals surface area contributed by atoms with Gasteiger partial charge in [0.05, 0.1) is 25.4 Å². The molecule has 5 aliphatic rings. The molecule has 0 radical (unpaired) electrons. The molecule has 4 aliphatic heterocycles. The van der Waals surface area contributed by atoms with E-state index in [1.807, 2.05) is 0 Å². The van der Waals surface area contributed by atoms with Gasteiger partial charge in [-0.2, -0.15) is 0 Å². The van der Waals surface area contributed by atoms with Crippen molar-refractivity contribution < 1.29 is 94.1 Å². The van der Waals surface area contributed by atoms with Gasteiger partial charge in [0, 0.05) is 17.7 Å². The van der Waals surface area contributed by atoms with Crippen molar-refractivity contribution in [3.8, 4) is 45.6 Å². The van der Waals surface area contributed by atoms with Gasteiger partial charge < -0.3 is 94.1 Å². The van der Waals surface area contributed by atoms with E-state index in [1.165, 1.54) is 12.1 Å². The molecule has 12 N–H and O–H groups in total. The summed E-state index contributed by atoms with van der Waals surface area (Å²) >= 11 is 0. The van der Waals surface area contributed by atoms with Crippen LogP contribution in [0.3, 0.4) is 0 Å². The third kappa shape index (κ3) is 7.27. The number of phenolic OH excluding ortho intramolecular Hbond substituents is 2. The second kappa shape index (κ2) is 15.3. The largest absolute Gasteiger partial charge is 0.504 e. The van der Waals surface area contributed by atoms with Gasteiger partial charge in [-0.1, -0.05) is 0 Å². The van der Waals surface area contributed by atoms with Crippen molar-refractivity contribution in [1.82, 2.24) is 0 Å². The molecule has 1 aromatic carbocycles. The van der Waals surface area contributed by atoms with Gasteiger partial charge in [0.2, 0.25) is 12.6 Å². The van der Waals surface area contributed by atoms with Crippen molar-refractivity contribution in [3.05, 3.63) is 46.6 Å². The molecule has 1 aromatic rings. The van der Waals surface area contributed by atoms with Crippen LogP contribution >= 0.6 is 0 Å². The highest BCUT2D eigenvalue weighted by Gasteiger charge is 2.50. The number of fused-ring (bicyclic) bond motifs is 1. The van der Waals surface area contributed by atoms with Gasteiger partial charge in [0.15, 0.2) is 40.8 Å². The summed E-state index contributed by atoms with van der Waals surface area (Å²) in [7, 11) is 0. The lowest BCUT2D eigenvalue weighted by atomic mass is 9.98. The number of ether oxygens (including phenoxy) is 6. The van der Waals surface area contributed by atoms with Gasteiger partial charge >= 0.3 is 0 Å². The minimum atomic E-state index is -1.90. The number of benzene rings is 2. The maximum Gasteiger partial charge on any atom is 0.229 e. The molecule has 4 heterocycles. The maximum absolute atomic E-state index is 12.8. The Labute approximate surface area is 292 Å². The second-order valence-corrected chi connectivity index (χ2v) is 12.5. The number of aliphatic hydroxyl groups excluding tert-OH is 10. The normalized spacial score (nSPS) is 36.8. The fourth-order valence-electron chi connectivity index (χ4n) is 5.98. The maximum atomic E-state index is 12.8. The van der Waals surface area contributed by atoms with Gasteiger partial charge in [-0.15, -0.1) is 0 Å². The Kier molecular flexibility index (Phi) is 11.2. The monoisotopic (exact) mass is 742 g/mol. The van der Waals surface area contributed by atoms with Crippen LogP contribution in [0.15, 0.2) is 45.6 Å². The summed E-state index contributed by atoms with van der Waals surface area (Å²) in [6.45, 7) is -2.09. The molecule has 14 atom stereocenters. The third-order valence-corrected chi connectivity index (χ3v) is 8.93. The SMILES string of the molecule is O=c1cc2oc(-c3ccc(O)c(O)c3)c(O[C@@H]3O[C@H](CO)[C@@H](O)[C@H](O)[C@H]3O[C@@H]3OC[C@@H](O)[C@H](O)[C@H]3O)cc-2c(O[C@@H]2O[C@H](CO)[C@@H](O)[C@H](O)[C@H]2O)c1. The highest BCUT2D eigenvalue weighted by molar-refractivity contribution is 5.76. The van der Waals surface area contributed by atoms with E-state index in [0.717, 1.165) is 24.3 Å². The summed E-state index contributed by atoms with van der Waals surface area (Å²) in [5.74, 6) is -2.18. The number of aromatic hydroxyl groups is 2. The Balaban J connectivity index is 1.44. The highest BCUT2D eigenvalue weighted by Crippen LogP contribution is 2.44. The van der Waals surface area contributed by atoms with E-state index >= 15 is 0 Å². The van der Waals surface area contributed by atoms with Crippen molar-refractivity contribution in [2.24, 2.45) is 0 Å². The first-order chi connectivity index (χ1) is 24.7. The highest BCUT2D eigenvalue weighted by atomic mass is 16.8. The Bertz CT molecular complexity index is 1720. The molecule has 6 rings (SSSR count). The van der Waals surface area contributed by atoms with Gasteiger partial charge in [0.1, 0.15) is 72.5 Å². The van der Waals surface area contributed by atoms with Gasteiger partial charge in [0.25, 0.3) is 0 Å². The zero-order valence-electron chi connectivity index (χ0n) is 26.8. The molecule has 1 aliphatic carbocycles. The molecular formula is C32H38O20. The molecule has 20 nitrogen and oxygen atoms in total. The van der Waals surface area contributed by atoms with Crippen molar-refractivity contribution in [2.45, 2.75) is 86.0 Å². The standard InChI is InChI=1S/C32H38O20/c33-7-19-22(40)24(42)27(45)31(50-19)48-17-5-11(35)4-16-12(17)6-18(28(47-16)10-1-2-13(36)14(37)3-10)49-32-29(25(43)23(41)20(8-34)51-32)52-30-26(44)21(39)15(38)9-46-30/h1-6,15,19-27,29-34,36-45H,7-9H2/t15-,19-,20-,21+,22-,23-,24+,25+,26-,27-,29-,30+,31-,32-/m1/s1. The van der Waals surface area contributed by atoms with Gasteiger partial charge in [-0.25, -0.2) is 0 Å². The lowest BCUT2D eigenvalue weighted by Gasteiger charge is -2.44. The number of hydrogen-bond donors (Lipinski definition) is 12. The molecule has 0 bridgehead atoms. The van der Waals surface area contributed by atoms with Crippen molar-refractivity contribution in [3.63, 3.8) is 0 Å². The fourth-order valence-corrected chi connectivity index (χ4v) is 5.98. The molecule has 3 saturated heterocycles. The molecule has 0 saturated carbocycles. The summed E-state index contributed by atoms with van der Waals surface area (Å²) in [5, 5.41) is 123. The van der Waals surface area contributed by atoms with E-state index in [4.69, 9.17) is 32.8 Å². The quantitative estimate of drug-likeness (QED) is 0.0922. The average molecular weight is 743 g/mol. The van der Waals surface area contributed by atoms with E-state index < -0.39 is 123 Å².